The van der Waals surface area contributed by atoms with Crippen LogP contribution in [0.15, 0.2) is 12.4 Å². The third kappa shape index (κ3) is 3.01. The standard InChI is InChI=1S/C9H17N2O.ClH/c1-3-4-5-11-7-6-10(2)9(11)8-12;/h6-7,12H,3-5,8H2,1-2H3;1H/q+1;/p-1. The largest absolute Gasteiger partial charge is 1.00 e. The molecule has 4 heteroatoms. The van der Waals surface area contributed by atoms with Gasteiger partial charge in [0.25, 0.3) is 5.82 Å². The van der Waals surface area contributed by atoms with E-state index in [2.05, 4.69) is 11.5 Å². The van der Waals surface area contributed by atoms with Gasteiger partial charge in [0.05, 0.1) is 13.6 Å². The van der Waals surface area contributed by atoms with Crippen molar-refractivity contribution < 1.29 is 22.1 Å². The molecule has 0 spiro atoms. The minimum absolute atomic E-state index is 0. The monoisotopic (exact) mass is 204 g/mol. The summed E-state index contributed by atoms with van der Waals surface area (Å²) in [4.78, 5) is 0. The Morgan fingerprint density at radius 2 is 2.23 bits per heavy atom. The average Bonchev–Trinajstić information content (AvgIpc) is 2.43. The Balaban J connectivity index is 0.00000144. The van der Waals surface area contributed by atoms with Gasteiger partial charge >= 0.3 is 0 Å². The van der Waals surface area contributed by atoms with Gasteiger partial charge in [-0.3, -0.25) is 0 Å². The Bertz CT molecular complexity index is 248. The third-order valence-corrected chi connectivity index (χ3v) is 2.10. The average molecular weight is 205 g/mol. The first-order chi connectivity index (χ1) is 5.79. The van der Waals surface area contributed by atoms with Gasteiger partial charge in [-0.1, -0.05) is 13.3 Å². The quantitative estimate of drug-likeness (QED) is 0.545. The Kier molecular flexibility index (Phi) is 5.75. The molecule has 0 atom stereocenters. The number of unbranched alkanes of at least 4 members (excludes halogenated alkanes) is 1. The highest BCUT2D eigenvalue weighted by Crippen LogP contribution is 1.98. The van der Waals surface area contributed by atoms with Crippen molar-refractivity contribution in [3.8, 4) is 0 Å². The first-order valence-corrected chi connectivity index (χ1v) is 4.44. The molecule has 0 amide bonds. The Hall–Kier alpha value is -0.540. The minimum atomic E-state index is 0. The number of aryl methyl sites for hydroxylation is 2. The topological polar surface area (TPSA) is 29.0 Å². The zero-order valence-electron chi connectivity index (χ0n) is 8.20. The maximum atomic E-state index is 9.05. The Morgan fingerprint density at radius 3 is 2.77 bits per heavy atom. The van der Waals surface area contributed by atoms with E-state index in [9.17, 15) is 0 Å². The van der Waals surface area contributed by atoms with Crippen LogP contribution in [-0.4, -0.2) is 9.67 Å². The lowest BCUT2D eigenvalue weighted by Gasteiger charge is -1.98. The first kappa shape index (κ1) is 12.5. The van der Waals surface area contributed by atoms with E-state index < -0.39 is 0 Å². The SMILES string of the molecule is CCCCn1cc[n+](C)c1CO.[Cl-]. The maximum absolute atomic E-state index is 9.05. The van der Waals surface area contributed by atoms with Crippen molar-refractivity contribution >= 4 is 0 Å². The van der Waals surface area contributed by atoms with E-state index in [-0.39, 0.29) is 19.0 Å². The van der Waals surface area contributed by atoms with Gasteiger partial charge in [-0.15, -0.1) is 0 Å². The number of aliphatic hydroxyl groups excluding tert-OH is 1. The molecule has 3 nitrogen and oxygen atoms in total. The van der Waals surface area contributed by atoms with Gasteiger partial charge < -0.3 is 17.5 Å². The predicted octanol–water partition coefficient (Wildman–Crippen LogP) is -2.39. The van der Waals surface area contributed by atoms with Crippen molar-refractivity contribution in [1.29, 1.82) is 0 Å². The van der Waals surface area contributed by atoms with Crippen molar-refractivity contribution in [1.82, 2.24) is 4.57 Å². The fraction of sp³-hybridized carbons (Fsp3) is 0.667. The molecule has 76 valence electrons. The summed E-state index contributed by atoms with van der Waals surface area (Å²) in [5.41, 5.74) is 0. The molecule has 0 fully saturated rings. The fourth-order valence-electron chi connectivity index (χ4n) is 1.29. The van der Waals surface area contributed by atoms with E-state index in [1.165, 1.54) is 12.8 Å². The molecule has 0 aliphatic carbocycles. The molecule has 0 unspecified atom stereocenters. The van der Waals surface area contributed by atoms with Crippen LogP contribution in [0.4, 0.5) is 0 Å². The molecule has 1 heterocycles. The van der Waals surface area contributed by atoms with Crippen molar-refractivity contribution in [2.24, 2.45) is 7.05 Å². The number of nitrogens with zero attached hydrogens (tertiary/aromatic N) is 2. The number of imidazole rings is 1. The van der Waals surface area contributed by atoms with Gasteiger partial charge in [0, 0.05) is 0 Å². The molecule has 0 aliphatic rings. The summed E-state index contributed by atoms with van der Waals surface area (Å²) in [7, 11) is 1.95. The maximum Gasteiger partial charge on any atom is 0.282 e. The highest BCUT2D eigenvalue weighted by Gasteiger charge is 2.11. The van der Waals surface area contributed by atoms with Crippen molar-refractivity contribution in [3.05, 3.63) is 18.2 Å². The van der Waals surface area contributed by atoms with Gasteiger partial charge in [0.15, 0.2) is 0 Å². The van der Waals surface area contributed by atoms with E-state index in [1.807, 2.05) is 24.0 Å². The molecule has 1 N–H and O–H groups in total. The molecule has 0 aromatic carbocycles. The van der Waals surface area contributed by atoms with Crippen LogP contribution in [0.2, 0.25) is 0 Å². The zero-order valence-corrected chi connectivity index (χ0v) is 8.96. The Labute approximate surface area is 85.4 Å². The molecule has 13 heavy (non-hydrogen) atoms. The van der Waals surface area contributed by atoms with Crippen LogP contribution >= 0.6 is 0 Å². The lowest BCUT2D eigenvalue weighted by Crippen LogP contribution is -3.00. The first-order valence-electron chi connectivity index (χ1n) is 4.44. The summed E-state index contributed by atoms with van der Waals surface area (Å²) in [5, 5.41) is 9.05. The predicted molar refractivity (Wildman–Crippen MR) is 46.4 cm³/mol. The number of halogens is 1. The van der Waals surface area contributed by atoms with E-state index in [0.29, 0.717) is 0 Å². The van der Waals surface area contributed by atoms with Crippen LogP contribution in [0.25, 0.3) is 0 Å². The minimum Gasteiger partial charge on any atom is -1.00 e. The summed E-state index contributed by atoms with van der Waals surface area (Å²) in [5.74, 6) is 0.975. The molecule has 0 bridgehead atoms. The van der Waals surface area contributed by atoms with Gasteiger partial charge in [0.2, 0.25) is 0 Å². The van der Waals surface area contributed by atoms with E-state index in [1.54, 1.807) is 0 Å². The summed E-state index contributed by atoms with van der Waals surface area (Å²) in [6.45, 7) is 3.29. The summed E-state index contributed by atoms with van der Waals surface area (Å²) in [6.07, 6.45) is 6.34. The lowest BCUT2D eigenvalue weighted by atomic mass is 10.3. The molecule has 1 rings (SSSR count). The number of aromatic nitrogens is 2. The van der Waals surface area contributed by atoms with Gasteiger partial charge in [0.1, 0.15) is 19.0 Å². The molecular weight excluding hydrogens is 188 g/mol. The number of rotatable bonds is 4. The van der Waals surface area contributed by atoms with Crippen molar-refractivity contribution in [2.75, 3.05) is 0 Å². The highest BCUT2D eigenvalue weighted by molar-refractivity contribution is 4.80. The number of hydrogen-bond donors (Lipinski definition) is 1. The molecule has 0 saturated carbocycles. The third-order valence-electron chi connectivity index (χ3n) is 2.10. The van der Waals surface area contributed by atoms with Crippen LogP contribution < -0.4 is 17.0 Å². The highest BCUT2D eigenvalue weighted by atomic mass is 35.5. The second-order valence-corrected chi connectivity index (χ2v) is 3.03. The molecule has 0 aliphatic heterocycles. The molecule has 1 aromatic rings. The lowest BCUT2D eigenvalue weighted by molar-refractivity contribution is -0.680. The van der Waals surface area contributed by atoms with Crippen LogP contribution in [-0.2, 0) is 20.2 Å². The summed E-state index contributed by atoms with van der Waals surface area (Å²) < 4.78 is 4.05. The summed E-state index contributed by atoms with van der Waals surface area (Å²) >= 11 is 0. The number of aliphatic hydroxyl groups is 1. The second-order valence-electron chi connectivity index (χ2n) is 3.03. The normalized spacial score (nSPS) is 9.77. The van der Waals surface area contributed by atoms with Gasteiger partial charge in [-0.2, -0.15) is 0 Å². The Morgan fingerprint density at radius 1 is 1.54 bits per heavy atom. The van der Waals surface area contributed by atoms with Gasteiger partial charge in [-0.05, 0) is 6.42 Å². The van der Waals surface area contributed by atoms with Crippen LogP contribution in [0.5, 0.6) is 0 Å². The smallest absolute Gasteiger partial charge is 0.282 e. The zero-order chi connectivity index (χ0) is 8.97. The molecule has 1 aromatic heterocycles. The van der Waals surface area contributed by atoms with Gasteiger partial charge in [-0.25, -0.2) is 9.13 Å². The molecular formula is C9H17ClN2O. The van der Waals surface area contributed by atoms with Crippen LogP contribution in [0.1, 0.15) is 25.6 Å². The van der Waals surface area contributed by atoms with E-state index in [4.69, 9.17) is 5.11 Å². The molecule has 0 saturated heterocycles. The summed E-state index contributed by atoms with van der Waals surface area (Å²) in [6, 6.07) is 0. The van der Waals surface area contributed by atoms with Crippen LogP contribution in [0, 0.1) is 0 Å². The van der Waals surface area contributed by atoms with Crippen molar-refractivity contribution in [2.45, 2.75) is 32.9 Å². The van der Waals surface area contributed by atoms with Crippen molar-refractivity contribution in [3.63, 3.8) is 0 Å². The number of hydrogen-bond acceptors (Lipinski definition) is 1. The van der Waals surface area contributed by atoms with E-state index >= 15 is 0 Å². The van der Waals surface area contributed by atoms with Crippen LogP contribution in [0.3, 0.4) is 0 Å². The molecule has 0 radical (unpaired) electrons. The second kappa shape index (κ2) is 6.00. The fourth-order valence-corrected chi connectivity index (χ4v) is 1.29. The van der Waals surface area contributed by atoms with E-state index in [0.717, 1.165) is 12.4 Å².